The summed E-state index contributed by atoms with van der Waals surface area (Å²) in [6.07, 6.45) is -1.18. The molecule has 0 atom stereocenters. The fraction of sp³-hybridized carbons (Fsp3) is 0.259. The van der Waals surface area contributed by atoms with E-state index in [0.29, 0.717) is 24.5 Å². The zero-order valence-electron chi connectivity index (χ0n) is 20.5. The number of amides is 1. The lowest BCUT2D eigenvalue weighted by molar-refractivity contribution is -0.137. The molecule has 0 saturated carbocycles. The maximum absolute atomic E-state index is 13.6. The van der Waals surface area contributed by atoms with Crippen molar-refractivity contribution in [2.75, 3.05) is 43.4 Å². The third-order valence-corrected chi connectivity index (χ3v) is 6.75. The fourth-order valence-electron chi connectivity index (χ4n) is 4.26. The lowest BCUT2D eigenvalue weighted by Gasteiger charge is -2.34. The number of aromatic amines is 1. The molecule has 1 fully saturated rings. The standard InChI is InChI=1S/C27H25ClF3N5O2/c1-35-6-8-36(9-7-35)21-12-19(11-20(14-21)27(29,30)31)26(37)34-24-3-2-17(10-23(24)28)16-38-22-13-18-4-5-32-25(18)33-15-22/h2-5,10-15H,6-9,16H2,1H3,(H,32,33)(H,34,37). The van der Waals surface area contributed by atoms with Crippen molar-refractivity contribution in [3.63, 3.8) is 0 Å². The summed E-state index contributed by atoms with van der Waals surface area (Å²) in [5.74, 6) is -0.0884. The molecular weight excluding hydrogens is 519 g/mol. The second kappa shape index (κ2) is 10.5. The number of carbonyl (C=O) groups is 1. The molecule has 1 aliphatic rings. The van der Waals surface area contributed by atoms with E-state index in [1.165, 1.54) is 6.07 Å². The number of hydrogen-bond donors (Lipinski definition) is 2. The topological polar surface area (TPSA) is 73.5 Å². The Morgan fingerprint density at radius 3 is 2.63 bits per heavy atom. The molecule has 1 saturated heterocycles. The van der Waals surface area contributed by atoms with Crippen molar-refractivity contribution < 1.29 is 22.7 Å². The Balaban J connectivity index is 1.30. The number of fused-ring (bicyclic) bond motifs is 1. The van der Waals surface area contributed by atoms with E-state index in [1.54, 1.807) is 30.6 Å². The minimum absolute atomic E-state index is 0.0927. The number of ether oxygens (including phenoxy) is 1. The van der Waals surface area contributed by atoms with Gasteiger partial charge in [-0.1, -0.05) is 17.7 Å². The lowest BCUT2D eigenvalue weighted by Crippen LogP contribution is -2.44. The summed E-state index contributed by atoms with van der Waals surface area (Å²) < 4.78 is 46.7. The van der Waals surface area contributed by atoms with Crippen molar-refractivity contribution in [2.24, 2.45) is 0 Å². The number of benzene rings is 2. The number of hydrogen-bond acceptors (Lipinski definition) is 5. The molecule has 2 N–H and O–H groups in total. The van der Waals surface area contributed by atoms with Crippen LogP contribution >= 0.6 is 11.6 Å². The van der Waals surface area contributed by atoms with E-state index in [4.69, 9.17) is 16.3 Å². The van der Waals surface area contributed by atoms with Gasteiger partial charge in [-0.2, -0.15) is 13.2 Å². The number of likely N-dealkylation sites (N-methyl/N-ethyl adjacent to an activating group) is 1. The highest BCUT2D eigenvalue weighted by Gasteiger charge is 2.32. The van der Waals surface area contributed by atoms with Crippen LogP contribution in [-0.4, -0.2) is 54.0 Å². The van der Waals surface area contributed by atoms with Crippen LogP contribution in [0.15, 0.2) is 60.9 Å². The summed E-state index contributed by atoms with van der Waals surface area (Å²) in [4.78, 5) is 24.3. The predicted molar refractivity (Wildman–Crippen MR) is 141 cm³/mol. The van der Waals surface area contributed by atoms with Gasteiger partial charge < -0.3 is 24.8 Å². The van der Waals surface area contributed by atoms with Gasteiger partial charge in [-0.15, -0.1) is 0 Å². The molecule has 2 aromatic carbocycles. The van der Waals surface area contributed by atoms with Crippen LogP contribution in [0.3, 0.4) is 0 Å². The van der Waals surface area contributed by atoms with Crippen LogP contribution in [0.5, 0.6) is 5.75 Å². The molecule has 0 spiro atoms. The highest BCUT2D eigenvalue weighted by atomic mass is 35.5. The molecule has 4 aromatic rings. The zero-order valence-corrected chi connectivity index (χ0v) is 21.2. The number of nitrogens with zero attached hydrogens (tertiary/aromatic N) is 3. The summed E-state index contributed by atoms with van der Waals surface area (Å²) in [6, 6.07) is 12.2. The van der Waals surface area contributed by atoms with Crippen LogP contribution in [0.4, 0.5) is 24.5 Å². The largest absolute Gasteiger partial charge is 0.487 e. The van der Waals surface area contributed by atoms with Crippen molar-refractivity contribution in [2.45, 2.75) is 12.8 Å². The molecule has 3 heterocycles. The van der Waals surface area contributed by atoms with Crippen molar-refractivity contribution in [1.82, 2.24) is 14.9 Å². The van der Waals surface area contributed by atoms with Crippen LogP contribution in [0.25, 0.3) is 11.0 Å². The average Bonchev–Trinajstić information content (AvgIpc) is 3.36. The van der Waals surface area contributed by atoms with E-state index >= 15 is 0 Å². The fourth-order valence-corrected chi connectivity index (χ4v) is 4.51. The molecule has 0 unspecified atom stereocenters. The Labute approximate surface area is 222 Å². The van der Waals surface area contributed by atoms with Crippen LogP contribution in [-0.2, 0) is 12.8 Å². The Morgan fingerprint density at radius 1 is 1.11 bits per heavy atom. The number of rotatable bonds is 6. The minimum Gasteiger partial charge on any atom is -0.487 e. The summed E-state index contributed by atoms with van der Waals surface area (Å²) in [6.45, 7) is 2.81. The van der Waals surface area contributed by atoms with E-state index in [0.717, 1.165) is 41.8 Å². The Bertz CT molecular complexity index is 1460. The van der Waals surface area contributed by atoms with E-state index in [-0.39, 0.29) is 22.9 Å². The molecule has 0 aliphatic carbocycles. The number of carbonyl (C=O) groups excluding carboxylic acids is 1. The third-order valence-electron chi connectivity index (χ3n) is 6.44. The molecule has 1 amide bonds. The van der Waals surface area contributed by atoms with E-state index in [1.807, 2.05) is 24.1 Å². The van der Waals surface area contributed by atoms with Gasteiger partial charge in [-0.25, -0.2) is 4.98 Å². The van der Waals surface area contributed by atoms with Crippen LogP contribution in [0.1, 0.15) is 21.5 Å². The van der Waals surface area contributed by atoms with E-state index in [9.17, 15) is 18.0 Å². The summed E-state index contributed by atoms with van der Waals surface area (Å²) in [5.41, 5.74) is 1.20. The van der Waals surface area contributed by atoms with Gasteiger partial charge >= 0.3 is 6.18 Å². The van der Waals surface area contributed by atoms with Crippen molar-refractivity contribution in [1.29, 1.82) is 0 Å². The van der Waals surface area contributed by atoms with Crippen LogP contribution < -0.4 is 15.0 Å². The minimum atomic E-state index is -4.59. The van der Waals surface area contributed by atoms with Crippen LogP contribution in [0, 0.1) is 0 Å². The summed E-state index contributed by atoms with van der Waals surface area (Å²) >= 11 is 6.40. The molecule has 38 heavy (non-hydrogen) atoms. The molecule has 11 heteroatoms. The first-order chi connectivity index (χ1) is 18.2. The van der Waals surface area contributed by atoms with Gasteiger partial charge in [0.2, 0.25) is 0 Å². The summed E-state index contributed by atoms with van der Waals surface area (Å²) in [5, 5.41) is 3.80. The maximum Gasteiger partial charge on any atom is 0.416 e. The van der Waals surface area contributed by atoms with Gasteiger partial charge in [-0.3, -0.25) is 4.79 Å². The summed E-state index contributed by atoms with van der Waals surface area (Å²) in [7, 11) is 1.96. The monoisotopic (exact) mass is 543 g/mol. The highest BCUT2D eigenvalue weighted by Crippen LogP contribution is 2.34. The number of anilines is 2. The van der Waals surface area contributed by atoms with Gasteiger partial charge in [-0.05, 0) is 55.1 Å². The normalized spacial score (nSPS) is 14.6. The van der Waals surface area contributed by atoms with E-state index < -0.39 is 17.6 Å². The predicted octanol–water partition coefficient (Wildman–Crippen LogP) is 5.82. The molecule has 7 nitrogen and oxygen atoms in total. The van der Waals surface area contributed by atoms with Gasteiger partial charge in [0, 0.05) is 49.0 Å². The number of halogens is 4. The number of pyridine rings is 1. The third kappa shape index (κ3) is 5.87. The second-order valence-corrected chi connectivity index (χ2v) is 9.61. The van der Waals surface area contributed by atoms with Crippen LogP contribution in [0.2, 0.25) is 5.02 Å². The SMILES string of the molecule is CN1CCN(c2cc(C(=O)Nc3ccc(COc4cnc5[nH]ccc5c4)cc3Cl)cc(C(F)(F)F)c2)CC1. The Hall–Kier alpha value is -3.76. The first-order valence-electron chi connectivity index (χ1n) is 12.0. The zero-order chi connectivity index (χ0) is 26.9. The second-order valence-electron chi connectivity index (χ2n) is 9.20. The quantitative estimate of drug-likeness (QED) is 0.321. The molecule has 0 bridgehead atoms. The molecular formula is C27H25ClF3N5O2. The number of piperazine rings is 1. The highest BCUT2D eigenvalue weighted by molar-refractivity contribution is 6.34. The first-order valence-corrected chi connectivity index (χ1v) is 12.3. The number of alkyl halides is 3. The average molecular weight is 544 g/mol. The molecule has 2 aromatic heterocycles. The maximum atomic E-state index is 13.6. The van der Waals surface area contributed by atoms with Gasteiger partial charge in [0.25, 0.3) is 5.91 Å². The molecule has 0 radical (unpaired) electrons. The smallest absolute Gasteiger partial charge is 0.416 e. The van der Waals surface area contributed by atoms with Gasteiger partial charge in [0.15, 0.2) is 0 Å². The van der Waals surface area contributed by atoms with Crippen molar-refractivity contribution >= 4 is 39.9 Å². The van der Waals surface area contributed by atoms with Gasteiger partial charge in [0.05, 0.1) is 22.5 Å². The molecule has 198 valence electrons. The van der Waals surface area contributed by atoms with Crippen molar-refractivity contribution in [3.05, 3.63) is 82.6 Å². The Kier molecular flexibility index (Phi) is 7.18. The lowest BCUT2D eigenvalue weighted by atomic mass is 10.1. The van der Waals surface area contributed by atoms with Crippen molar-refractivity contribution in [3.8, 4) is 5.75 Å². The number of aromatic nitrogens is 2. The molecule has 5 rings (SSSR count). The first kappa shape index (κ1) is 25.9. The molecule has 1 aliphatic heterocycles. The van der Waals surface area contributed by atoms with Gasteiger partial charge in [0.1, 0.15) is 18.0 Å². The number of nitrogens with one attached hydrogen (secondary N) is 2. The Morgan fingerprint density at radius 2 is 1.89 bits per heavy atom. The van der Waals surface area contributed by atoms with E-state index in [2.05, 4.69) is 20.2 Å². The number of H-pyrrole nitrogens is 1.